The third-order valence-electron chi connectivity index (χ3n) is 4.95. The smallest absolute Gasteiger partial charge is 0.272 e. The lowest BCUT2D eigenvalue weighted by molar-refractivity contribution is 0.321. The Balaban J connectivity index is 1.93. The summed E-state index contributed by atoms with van der Waals surface area (Å²) in [6, 6.07) is 30.0. The molecular weight excluding hydrogens is 422 g/mol. The minimum Gasteiger partial charge on any atom is -0.411 e. The van der Waals surface area contributed by atoms with Crippen LogP contribution in [0.5, 0.6) is 0 Å². The first kappa shape index (κ1) is 21.3. The first-order chi connectivity index (χ1) is 15.7. The molecule has 0 saturated carbocycles. The van der Waals surface area contributed by atoms with Crippen molar-refractivity contribution >= 4 is 23.5 Å². The second-order valence-electron chi connectivity index (χ2n) is 7.07. The Morgan fingerprint density at radius 1 is 0.844 bits per heavy atom. The van der Waals surface area contributed by atoms with E-state index in [1.165, 1.54) is 10.9 Å². The van der Waals surface area contributed by atoms with Crippen LogP contribution in [0.3, 0.4) is 0 Å². The molecule has 6 heteroatoms. The Kier molecular flexibility index (Phi) is 6.58. The van der Waals surface area contributed by atoms with Crippen molar-refractivity contribution in [1.82, 2.24) is 4.68 Å². The topological polar surface area (TPSA) is 67.0 Å². The lowest BCUT2D eigenvalue weighted by Crippen LogP contribution is -2.20. The Morgan fingerprint density at radius 3 is 2.09 bits per heavy atom. The molecule has 3 aromatic carbocycles. The van der Waals surface area contributed by atoms with E-state index in [1.807, 2.05) is 78.9 Å². The van der Waals surface area contributed by atoms with E-state index in [0.29, 0.717) is 16.4 Å². The summed E-state index contributed by atoms with van der Waals surface area (Å²) >= 11 is 6.03. The molecule has 0 saturated heterocycles. The molecular formula is C26H20ClN3O2. The number of pyridine rings is 1. The summed E-state index contributed by atoms with van der Waals surface area (Å²) < 4.78 is 1.39. The van der Waals surface area contributed by atoms with Crippen molar-refractivity contribution in [2.45, 2.75) is 6.42 Å². The summed E-state index contributed by atoms with van der Waals surface area (Å²) in [5.41, 5.74) is 4.34. The molecule has 4 rings (SSSR count). The highest BCUT2D eigenvalue weighted by Gasteiger charge is 2.12. The number of hydrogen-bond donors (Lipinski definition) is 1. The van der Waals surface area contributed by atoms with E-state index >= 15 is 0 Å². The molecule has 0 atom stereocenters. The molecule has 0 aliphatic heterocycles. The van der Waals surface area contributed by atoms with E-state index in [1.54, 1.807) is 18.2 Å². The van der Waals surface area contributed by atoms with Gasteiger partial charge in [0.2, 0.25) is 0 Å². The summed E-state index contributed by atoms with van der Waals surface area (Å²) in [5.74, 6) is 0. The molecule has 0 amide bonds. The van der Waals surface area contributed by atoms with Crippen LogP contribution in [0.2, 0.25) is 5.02 Å². The van der Waals surface area contributed by atoms with Gasteiger partial charge in [-0.15, -0.1) is 5.16 Å². The van der Waals surface area contributed by atoms with Crippen LogP contribution in [-0.2, 0) is 0 Å². The molecule has 5 nitrogen and oxygen atoms in total. The molecule has 0 aliphatic rings. The molecule has 0 radical (unpaired) electrons. The maximum Gasteiger partial charge on any atom is 0.272 e. The molecule has 0 aliphatic carbocycles. The van der Waals surface area contributed by atoms with Gasteiger partial charge in [0.25, 0.3) is 5.56 Å². The van der Waals surface area contributed by atoms with Crippen LogP contribution in [0.15, 0.2) is 112 Å². The molecule has 1 heterocycles. The van der Waals surface area contributed by atoms with Crippen LogP contribution in [-0.4, -0.2) is 21.8 Å². The number of oxime groups is 1. The molecule has 0 unspecified atom stereocenters. The molecule has 158 valence electrons. The average Bonchev–Trinajstić information content (AvgIpc) is 2.84. The number of aromatic nitrogens is 1. The number of rotatable bonds is 6. The van der Waals surface area contributed by atoms with Gasteiger partial charge in [0.05, 0.1) is 11.4 Å². The van der Waals surface area contributed by atoms with Crippen molar-refractivity contribution in [2.75, 3.05) is 0 Å². The third-order valence-corrected chi connectivity index (χ3v) is 5.20. The van der Waals surface area contributed by atoms with Crippen LogP contribution in [0.25, 0.3) is 22.4 Å². The van der Waals surface area contributed by atoms with Crippen LogP contribution < -0.4 is 5.56 Å². The number of halogens is 1. The minimum atomic E-state index is -0.266. The van der Waals surface area contributed by atoms with E-state index in [2.05, 4.69) is 10.3 Å². The maximum absolute atomic E-state index is 13.3. The number of nitrogens with zero attached hydrogens (tertiary/aromatic N) is 3. The second kappa shape index (κ2) is 9.90. The fourth-order valence-corrected chi connectivity index (χ4v) is 3.51. The zero-order valence-corrected chi connectivity index (χ0v) is 17.9. The van der Waals surface area contributed by atoms with Gasteiger partial charge in [0.15, 0.2) is 0 Å². The van der Waals surface area contributed by atoms with E-state index < -0.39 is 0 Å². The zero-order valence-electron chi connectivity index (χ0n) is 17.1. The lowest BCUT2D eigenvalue weighted by atomic mass is 10.0. The van der Waals surface area contributed by atoms with Gasteiger partial charge < -0.3 is 5.21 Å². The monoisotopic (exact) mass is 441 g/mol. The van der Waals surface area contributed by atoms with Crippen LogP contribution >= 0.6 is 11.6 Å². The largest absolute Gasteiger partial charge is 0.411 e. The van der Waals surface area contributed by atoms with Crippen molar-refractivity contribution in [3.05, 3.63) is 118 Å². The van der Waals surface area contributed by atoms with E-state index in [-0.39, 0.29) is 12.0 Å². The summed E-state index contributed by atoms with van der Waals surface area (Å²) in [7, 11) is 0. The molecule has 0 bridgehead atoms. The molecule has 1 N–H and O–H groups in total. The van der Waals surface area contributed by atoms with Crippen LogP contribution in [0.4, 0.5) is 0 Å². The molecule has 0 fully saturated rings. The van der Waals surface area contributed by atoms with Crippen molar-refractivity contribution in [1.29, 1.82) is 0 Å². The first-order valence-electron chi connectivity index (χ1n) is 10.0. The van der Waals surface area contributed by atoms with E-state index in [9.17, 15) is 4.79 Å². The highest BCUT2D eigenvalue weighted by atomic mass is 35.5. The SMILES string of the molecule is O=c1cc(-c2ccccc2)cc(-c2ccccc2)n1/N=C(\C/C=N/O)c1ccc(Cl)cc1. The third kappa shape index (κ3) is 4.85. The normalized spacial score (nSPS) is 11.7. The molecule has 0 spiro atoms. The van der Waals surface area contributed by atoms with E-state index in [0.717, 1.165) is 22.3 Å². The van der Waals surface area contributed by atoms with Crippen LogP contribution in [0, 0.1) is 0 Å². The maximum atomic E-state index is 13.3. The predicted molar refractivity (Wildman–Crippen MR) is 130 cm³/mol. The van der Waals surface area contributed by atoms with Crippen molar-refractivity contribution in [3.63, 3.8) is 0 Å². The first-order valence-corrected chi connectivity index (χ1v) is 10.4. The highest BCUT2D eigenvalue weighted by Crippen LogP contribution is 2.25. The average molecular weight is 442 g/mol. The zero-order chi connectivity index (χ0) is 22.3. The van der Waals surface area contributed by atoms with Crippen LogP contribution in [0.1, 0.15) is 12.0 Å². The van der Waals surface area contributed by atoms with Gasteiger partial charge in [-0.05, 0) is 34.9 Å². The fraction of sp³-hybridized carbons (Fsp3) is 0.0385. The van der Waals surface area contributed by atoms with Gasteiger partial charge in [-0.2, -0.15) is 9.78 Å². The lowest BCUT2D eigenvalue weighted by Gasteiger charge is -2.13. The molecule has 32 heavy (non-hydrogen) atoms. The Hall–Kier alpha value is -3.96. The Bertz CT molecular complexity index is 1310. The van der Waals surface area contributed by atoms with Gasteiger partial charge in [0, 0.05) is 29.3 Å². The van der Waals surface area contributed by atoms with Gasteiger partial charge >= 0.3 is 0 Å². The van der Waals surface area contributed by atoms with Crippen molar-refractivity contribution in [3.8, 4) is 22.4 Å². The van der Waals surface area contributed by atoms with Gasteiger partial charge in [0.1, 0.15) is 0 Å². The number of benzene rings is 3. The minimum absolute atomic E-state index is 0.235. The van der Waals surface area contributed by atoms with Gasteiger partial charge in [-0.3, -0.25) is 4.79 Å². The Morgan fingerprint density at radius 2 is 1.47 bits per heavy atom. The van der Waals surface area contributed by atoms with Crippen molar-refractivity contribution < 1.29 is 5.21 Å². The Labute approximate surface area is 190 Å². The fourth-order valence-electron chi connectivity index (χ4n) is 3.38. The predicted octanol–water partition coefficient (Wildman–Crippen LogP) is 5.94. The number of hydrogen-bond acceptors (Lipinski definition) is 4. The summed E-state index contributed by atoms with van der Waals surface area (Å²) in [6.45, 7) is 0. The van der Waals surface area contributed by atoms with Gasteiger partial charge in [-0.1, -0.05) is 84.4 Å². The molecule has 1 aromatic heterocycles. The van der Waals surface area contributed by atoms with E-state index in [4.69, 9.17) is 16.8 Å². The van der Waals surface area contributed by atoms with Gasteiger partial charge in [-0.25, -0.2) is 0 Å². The summed E-state index contributed by atoms with van der Waals surface area (Å²) in [6.07, 6.45) is 1.57. The summed E-state index contributed by atoms with van der Waals surface area (Å²) in [4.78, 5) is 13.3. The molecule has 4 aromatic rings. The highest BCUT2D eigenvalue weighted by molar-refractivity contribution is 6.30. The summed E-state index contributed by atoms with van der Waals surface area (Å²) in [5, 5.41) is 17.3. The van der Waals surface area contributed by atoms with Crippen molar-refractivity contribution in [2.24, 2.45) is 10.3 Å². The standard InChI is InChI=1S/C26H20ClN3O2/c27-23-13-11-20(12-14-23)24(15-16-28-32)29-30-25(21-9-5-2-6-10-21)17-22(18-26(30)31)19-7-3-1-4-8-19/h1-14,16-18,32H,15H2/b28-16+,29-24+. The quantitative estimate of drug-likeness (QED) is 0.228. The second-order valence-corrected chi connectivity index (χ2v) is 7.50.